The first kappa shape index (κ1) is 20.9. The molecule has 0 amide bonds. The van der Waals surface area contributed by atoms with Crippen molar-refractivity contribution in [2.75, 3.05) is 13.2 Å². The molecule has 0 radical (unpaired) electrons. The highest BCUT2D eigenvalue weighted by atomic mass is 16.5. The smallest absolute Gasteiger partial charge is 0.330 e. The maximum Gasteiger partial charge on any atom is 0.330 e. The molecule has 0 saturated heterocycles. The van der Waals surface area contributed by atoms with Crippen molar-refractivity contribution >= 4 is 17.6 Å². The van der Waals surface area contributed by atoms with Gasteiger partial charge >= 0.3 is 5.97 Å². The van der Waals surface area contributed by atoms with E-state index >= 15 is 0 Å². The zero-order valence-electron chi connectivity index (χ0n) is 17.3. The molecule has 2 aromatic carbocycles. The Kier molecular flexibility index (Phi) is 7.69. The molecule has 0 unspecified atom stereocenters. The van der Waals surface area contributed by atoms with Gasteiger partial charge < -0.3 is 9.47 Å². The minimum absolute atomic E-state index is 0.371. The van der Waals surface area contributed by atoms with Crippen molar-refractivity contribution < 1.29 is 14.3 Å². The molecule has 0 aliphatic heterocycles. The minimum atomic E-state index is -0.371. The van der Waals surface area contributed by atoms with Crippen LogP contribution in [0.15, 0.2) is 55.1 Å². The normalized spacial score (nSPS) is 12.2. The Morgan fingerprint density at radius 1 is 1.07 bits per heavy atom. The van der Waals surface area contributed by atoms with Crippen LogP contribution >= 0.6 is 0 Å². The van der Waals surface area contributed by atoms with Crippen LogP contribution in [0.2, 0.25) is 0 Å². The number of ether oxygens (including phenoxy) is 2. The summed E-state index contributed by atoms with van der Waals surface area (Å²) in [5, 5.41) is 0. The molecule has 0 aromatic heterocycles. The van der Waals surface area contributed by atoms with E-state index in [1.54, 1.807) is 0 Å². The fourth-order valence-corrected chi connectivity index (χ4v) is 3.68. The Morgan fingerprint density at radius 3 is 2.72 bits per heavy atom. The van der Waals surface area contributed by atoms with Crippen LogP contribution in [0.25, 0.3) is 11.6 Å². The van der Waals surface area contributed by atoms with E-state index in [-0.39, 0.29) is 5.97 Å². The van der Waals surface area contributed by atoms with Gasteiger partial charge in [0, 0.05) is 18.1 Å². The molecule has 0 N–H and O–H groups in total. The van der Waals surface area contributed by atoms with Gasteiger partial charge in [0.15, 0.2) is 0 Å². The molecule has 3 nitrogen and oxygen atoms in total. The number of fused-ring (bicyclic) bond motifs is 1. The number of hydrogen-bond donors (Lipinski definition) is 0. The number of hydrogen-bond acceptors (Lipinski definition) is 3. The van der Waals surface area contributed by atoms with Gasteiger partial charge in [-0.15, -0.1) is 0 Å². The summed E-state index contributed by atoms with van der Waals surface area (Å²) in [5.41, 5.74) is 6.70. The molecule has 0 bridgehead atoms. The molecule has 3 rings (SSSR count). The van der Waals surface area contributed by atoms with E-state index in [0.717, 1.165) is 31.4 Å². The van der Waals surface area contributed by atoms with Crippen LogP contribution in [0.4, 0.5) is 0 Å². The number of esters is 1. The predicted octanol–water partition coefficient (Wildman–Crippen LogP) is 6.01. The highest BCUT2D eigenvalue weighted by molar-refractivity contribution is 5.90. The summed E-state index contributed by atoms with van der Waals surface area (Å²) in [6.07, 6.45) is 9.57. The maximum absolute atomic E-state index is 11.0. The summed E-state index contributed by atoms with van der Waals surface area (Å²) in [7, 11) is 0. The highest BCUT2D eigenvalue weighted by Gasteiger charge is 2.19. The van der Waals surface area contributed by atoms with Crippen LogP contribution in [0.5, 0.6) is 5.75 Å². The molecular weight excluding hydrogens is 360 g/mol. The number of carbonyl (C=O) groups is 1. The van der Waals surface area contributed by atoms with Crippen molar-refractivity contribution in [1.82, 2.24) is 0 Å². The second-order valence-electron chi connectivity index (χ2n) is 7.36. The van der Waals surface area contributed by atoms with Crippen molar-refractivity contribution in [3.8, 4) is 5.75 Å². The number of rotatable bonds is 11. The van der Waals surface area contributed by atoms with E-state index < -0.39 is 0 Å². The van der Waals surface area contributed by atoms with Gasteiger partial charge in [0.05, 0.1) is 13.2 Å². The van der Waals surface area contributed by atoms with Gasteiger partial charge in [-0.2, -0.15) is 0 Å². The Balaban J connectivity index is 1.60. The average molecular weight is 391 g/mol. The summed E-state index contributed by atoms with van der Waals surface area (Å²) in [4.78, 5) is 11.0. The molecule has 152 valence electrons. The van der Waals surface area contributed by atoms with Gasteiger partial charge in [-0.1, -0.05) is 62.4 Å². The van der Waals surface area contributed by atoms with E-state index in [0.29, 0.717) is 13.2 Å². The molecule has 0 atom stereocenters. The predicted molar refractivity (Wildman–Crippen MR) is 119 cm³/mol. The van der Waals surface area contributed by atoms with Crippen LogP contribution < -0.4 is 4.74 Å². The van der Waals surface area contributed by atoms with Gasteiger partial charge in [0.25, 0.3) is 0 Å². The van der Waals surface area contributed by atoms with Gasteiger partial charge in [-0.05, 0) is 54.0 Å². The molecule has 0 heterocycles. The average Bonchev–Trinajstić information content (AvgIpc) is 3.19. The lowest BCUT2D eigenvalue weighted by molar-refractivity contribution is -0.137. The lowest BCUT2D eigenvalue weighted by atomic mass is 9.95. The molecule has 0 fully saturated rings. The van der Waals surface area contributed by atoms with Crippen LogP contribution in [0, 0.1) is 0 Å². The molecule has 0 saturated carbocycles. The second kappa shape index (κ2) is 10.7. The first-order valence-corrected chi connectivity index (χ1v) is 10.6. The van der Waals surface area contributed by atoms with Gasteiger partial charge in [0.2, 0.25) is 0 Å². The third-order valence-corrected chi connectivity index (χ3v) is 5.24. The topological polar surface area (TPSA) is 35.5 Å². The largest absolute Gasteiger partial charge is 0.493 e. The third-order valence-electron chi connectivity index (χ3n) is 5.24. The summed E-state index contributed by atoms with van der Waals surface area (Å²) < 4.78 is 11.1. The maximum atomic E-state index is 11.0. The van der Waals surface area contributed by atoms with Crippen LogP contribution in [0.3, 0.4) is 0 Å². The first-order chi connectivity index (χ1) is 14.2. The SMILES string of the molecule is C=CC(=O)OCCCCOc1cccc2c1CC(c1ccccc1CCCC)=C2. The fraction of sp³-hybridized carbons (Fsp3) is 0.346. The monoisotopic (exact) mass is 390 g/mol. The van der Waals surface area contributed by atoms with Crippen LogP contribution in [-0.2, 0) is 22.4 Å². The molecular formula is C26H30O3. The standard InChI is InChI=1S/C26H30O3/c1-3-5-11-20-12-6-7-14-23(20)22-18-21-13-10-15-25(24(21)19-22)28-16-8-9-17-29-26(27)4-2/h4,6-7,10,12-15,18H,2-3,5,8-9,11,16-17,19H2,1H3. The van der Waals surface area contributed by atoms with E-state index in [1.165, 1.54) is 46.7 Å². The summed E-state index contributed by atoms with van der Waals surface area (Å²) in [6.45, 7) is 6.65. The molecule has 2 aromatic rings. The van der Waals surface area contributed by atoms with Crippen LogP contribution in [-0.4, -0.2) is 19.2 Å². The second-order valence-corrected chi connectivity index (χ2v) is 7.36. The number of carbonyl (C=O) groups excluding carboxylic acids is 1. The van der Waals surface area contributed by atoms with Gasteiger partial charge in [-0.3, -0.25) is 0 Å². The number of allylic oxidation sites excluding steroid dienone is 1. The molecule has 1 aliphatic carbocycles. The lowest BCUT2D eigenvalue weighted by Gasteiger charge is -2.12. The quantitative estimate of drug-likeness (QED) is 0.268. The number of unbranched alkanes of at least 4 members (excludes halogenated alkanes) is 2. The van der Waals surface area contributed by atoms with Crippen molar-refractivity contribution in [1.29, 1.82) is 0 Å². The van der Waals surface area contributed by atoms with Crippen molar-refractivity contribution in [3.05, 3.63) is 77.4 Å². The summed E-state index contributed by atoms with van der Waals surface area (Å²) >= 11 is 0. The van der Waals surface area contributed by atoms with Crippen molar-refractivity contribution in [2.45, 2.75) is 45.4 Å². The van der Waals surface area contributed by atoms with Gasteiger partial charge in [0.1, 0.15) is 5.75 Å². The molecule has 1 aliphatic rings. The lowest BCUT2D eigenvalue weighted by Crippen LogP contribution is -2.05. The molecule has 3 heteroatoms. The Labute approximate surface area is 174 Å². The van der Waals surface area contributed by atoms with Crippen molar-refractivity contribution in [2.24, 2.45) is 0 Å². The van der Waals surface area contributed by atoms with Crippen molar-refractivity contribution in [3.63, 3.8) is 0 Å². The Hall–Kier alpha value is -2.81. The minimum Gasteiger partial charge on any atom is -0.493 e. The van der Waals surface area contributed by atoms with E-state index in [4.69, 9.17) is 9.47 Å². The van der Waals surface area contributed by atoms with E-state index in [9.17, 15) is 4.79 Å². The summed E-state index contributed by atoms with van der Waals surface area (Å²) in [6, 6.07) is 15.0. The number of aryl methyl sites for hydroxylation is 1. The highest BCUT2D eigenvalue weighted by Crippen LogP contribution is 2.38. The molecule has 0 spiro atoms. The Bertz CT molecular complexity index is 879. The summed E-state index contributed by atoms with van der Waals surface area (Å²) in [5.74, 6) is 0.590. The number of benzene rings is 2. The fourth-order valence-electron chi connectivity index (χ4n) is 3.68. The zero-order valence-corrected chi connectivity index (χ0v) is 17.3. The molecule has 29 heavy (non-hydrogen) atoms. The zero-order chi connectivity index (χ0) is 20.5. The Morgan fingerprint density at radius 2 is 1.90 bits per heavy atom. The van der Waals surface area contributed by atoms with E-state index in [2.05, 4.69) is 62.0 Å². The van der Waals surface area contributed by atoms with Crippen LogP contribution in [0.1, 0.15) is 54.9 Å². The van der Waals surface area contributed by atoms with E-state index in [1.807, 2.05) is 0 Å². The first-order valence-electron chi connectivity index (χ1n) is 10.6. The third kappa shape index (κ3) is 5.60. The van der Waals surface area contributed by atoms with Gasteiger partial charge in [-0.25, -0.2) is 4.79 Å².